The average molecular weight is 373 g/mol. The highest BCUT2D eigenvalue weighted by molar-refractivity contribution is 5.94. The summed E-state index contributed by atoms with van der Waals surface area (Å²) >= 11 is 0. The Morgan fingerprint density at radius 1 is 1.00 bits per heavy atom. The number of amides is 1. The summed E-state index contributed by atoms with van der Waals surface area (Å²) in [6.07, 6.45) is 0. The summed E-state index contributed by atoms with van der Waals surface area (Å²) in [5.41, 5.74) is 5.15. The van der Waals surface area contributed by atoms with Crippen molar-refractivity contribution in [2.45, 2.75) is 6.92 Å². The highest BCUT2D eigenvalue weighted by Crippen LogP contribution is 2.19. The first-order valence-corrected chi connectivity index (χ1v) is 7.87. The number of H-pyrrole nitrogens is 1. The first-order chi connectivity index (χ1) is 12.9. The summed E-state index contributed by atoms with van der Waals surface area (Å²) in [5.74, 6) is -5.38. The summed E-state index contributed by atoms with van der Waals surface area (Å²) in [4.78, 5) is 26.9. The van der Waals surface area contributed by atoms with E-state index in [2.05, 4.69) is 15.8 Å². The van der Waals surface area contributed by atoms with Gasteiger partial charge < -0.3 is 4.98 Å². The van der Waals surface area contributed by atoms with Gasteiger partial charge in [-0.1, -0.05) is 23.8 Å². The van der Waals surface area contributed by atoms with Gasteiger partial charge in [-0.2, -0.15) is 0 Å². The molecule has 0 fully saturated rings. The van der Waals surface area contributed by atoms with Crippen LogP contribution in [0.25, 0.3) is 11.3 Å². The lowest BCUT2D eigenvalue weighted by Crippen LogP contribution is -2.34. The quantitative estimate of drug-likeness (QED) is 0.484. The fourth-order valence-electron chi connectivity index (χ4n) is 2.45. The lowest BCUT2D eigenvalue weighted by Gasteiger charge is -2.10. The Kier molecular flexibility index (Phi) is 4.98. The molecule has 0 unspecified atom stereocenters. The van der Waals surface area contributed by atoms with Gasteiger partial charge in [0.25, 0.3) is 11.5 Å². The summed E-state index contributed by atoms with van der Waals surface area (Å²) in [6.45, 7) is 1.91. The maximum atomic E-state index is 13.6. The molecular weight excluding hydrogens is 359 g/mol. The van der Waals surface area contributed by atoms with Crippen LogP contribution in [0, 0.1) is 24.4 Å². The third kappa shape index (κ3) is 3.84. The molecule has 0 saturated heterocycles. The van der Waals surface area contributed by atoms with E-state index in [1.807, 2.05) is 31.2 Å². The first-order valence-electron chi connectivity index (χ1n) is 7.87. The van der Waals surface area contributed by atoms with Crippen LogP contribution >= 0.6 is 0 Å². The molecular formula is C19H14F3N3O2. The van der Waals surface area contributed by atoms with Gasteiger partial charge in [-0.25, -0.2) is 13.2 Å². The third-order valence-corrected chi connectivity index (χ3v) is 3.83. The van der Waals surface area contributed by atoms with Crippen LogP contribution in [0.5, 0.6) is 0 Å². The Morgan fingerprint density at radius 3 is 2.48 bits per heavy atom. The predicted molar refractivity (Wildman–Crippen MR) is 94.6 cm³/mol. The number of hydrogen-bond acceptors (Lipinski definition) is 3. The molecule has 0 aliphatic carbocycles. The van der Waals surface area contributed by atoms with Gasteiger partial charge >= 0.3 is 0 Å². The highest BCUT2D eigenvalue weighted by Gasteiger charge is 2.15. The number of aryl methyl sites for hydroxylation is 1. The van der Waals surface area contributed by atoms with Gasteiger partial charge in [-0.05, 0) is 42.8 Å². The van der Waals surface area contributed by atoms with Crippen molar-refractivity contribution in [2.75, 3.05) is 5.43 Å². The molecule has 0 bridgehead atoms. The predicted octanol–water partition coefficient (Wildman–Crippen LogP) is 3.52. The summed E-state index contributed by atoms with van der Waals surface area (Å²) in [5, 5.41) is 0. The average Bonchev–Trinajstić information content (AvgIpc) is 2.65. The van der Waals surface area contributed by atoms with Gasteiger partial charge in [0.2, 0.25) is 0 Å². The van der Waals surface area contributed by atoms with Crippen LogP contribution in [-0.2, 0) is 0 Å². The SMILES string of the molecule is Cc1cccc(-c2ccc(C(=O)NNc3ccc(F)c(F)c3F)c(=O)[nH]2)c1. The van der Waals surface area contributed by atoms with Crippen molar-refractivity contribution < 1.29 is 18.0 Å². The number of halogens is 3. The highest BCUT2D eigenvalue weighted by atomic mass is 19.2. The number of hydrogen-bond donors (Lipinski definition) is 3. The van der Waals surface area contributed by atoms with Gasteiger partial charge in [0, 0.05) is 5.69 Å². The minimum Gasteiger partial charge on any atom is -0.321 e. The molecule has 3 N–H and O–H groups in total. The molecule has 1 aromatic heterocycles. The van der Waals surface area contributed by atoms with E-state index in [0.717, 1.165) is 17.2 Å². The zero-order valence-electron chi connectivity index (χ0n) is 14.1. The van der Waals surface area contributed by atoms with Gasteiger partial charge in [-0.15, -0.1) is 0 Å². The normalized spacial score (nSPS) is 10.5. The first kappa shape index (κ1) is 18.2. The number of rotatable bonds is 4. The third-order valence-electron chi connectivity index (χ3n) is 3.83. The lowest BCUT2D eigenvalue weighted by atomic mass is 10.1. The van der Waals surface area contributed by atoms with Crippen LogP contribution in [0.15, 0.2) is 53.3 Å². The second kappa shape index (κ2) is 7.36. The van der Waals surface area contributed by atoms with Crippen molar-refractivity contribution in [3.05, 3.63) is 87.5 Å². The summed E-state index contributed by atoms with van der Waals surface area (Å²) in [6, 6.07) is 11.9. The van der Waals surface area contributed by atoms with Crippen LogP contribution < -0.4 is 16.4 Å². The molecule has 1 amide bonds. The van der Waals surface area contributed by atoms with E-state index in [1.54, 1.807) is 6.07 Å². The lowest BCUT2D eigenvalue weighted by molar-refractivity contribution is 0.0961. The maximum Gasteiger partial charge on any atom is 0.275 e. The monoisotopic (exact) mass is 373 g/mol. The van der Waals surface area contributed by atoms with Gasteiger partial charge in [0.1, 0.15) is 5.56 Å². The molecule has 0 aliphatic heterocycles. The number of aromatic amines is 1. The number of benzene rings is 2. The Morgan fingerprint density at radius 2 is 1.78 bits per heavy atom. The second-order valence-corrected chi connectivity index (χ2v) is 5.79. The van der Waals surface area contributed by atoms with Crippen molar-refractivity contribution in [2.24, 2.45) is 0 Å². The molecule has 1 heterocycles. The molecule has 8 heteroatoms. The molecule has 3 rings (SSSR count). The molecule has 138 valence electrons. The van der Waals surface area contributed by atoms with Crippen molar-refractivity contribution >= 4 is 11.6 Å². The molecule has 2 aromatic carbocycles. The zero-order valence-corrected chi connectivity index (χ0v) is 14.1. The standard InChI is InChI=1S/C19H14F3N3O2/c1-10-3-2-4-11(9-10)14-7-5-12(18(26)23-14)19(27)25-24-15-8-6-13(20)16(21)17(15)22/h2-9,24H,1H3,(H,23,26)(H,25,27). The van der Waals surface area contributed by atoms with E-state index in [9.17, 15) is 22.8 Å². The smallest absolute Gasteiger partial charge is 0.275 e. The fourth-order valence-corrected chi connectivity index (χ4v) is 2.45. The number of nitrogens with one attached hydrogen (secondary N) is 3. The Hall–Kier alpha value is -3.55. The van der Waals surface area contributed by atoms with Crippen LogP contribution in [-0.4, -0.2) is 10.9 Å². The van der Waals surface area contributed by atoms with Gasteiger partial charge in [-0.3, -0.25) is 20.4 Å². The van der Waals surface area contributed by atoms with E-state index in [-0.39, 0.29) is 5.56 Å². The van der Waals surface area contributed by atoms with E-state index in [0.29, 0.717) is 11.8 Å². The van der Waals surface area contributed by atoms with E-state index >= 15 is 0 Å². The molecule has 0 aliphatic rings. The minimum atomic E-state index is -1.67. The van der Waals surface area contributed by atoms with E-state index in [1.165, 1.54) is 6.07 Å². The van der Waals surface area contributed by atoms with Crippen LogP contribution in [0.2, 0.25) is 0 Å². The molecule has 3 aromatic rings. The molecule has 5 nitrogen and oxygen atoms in total. The molecule has 0 spiro atoms. The topological polar surface area (TPSA) is 74.0 Å². The fraction of sp³-hybridized carbons (Fsp3) is 0.0526. The van der Waals surface area contributed by atoms with Gasteiger partial charge in [0.05, 0.1) is 5.69 Å². The van der Waals surface area contributed by atoms with Crippen LogP contribution in [0.1, 0.15) is 15.9 Å². The second-order valence-electron chi connectivity index (χ2n) is 5.79. The van der Waals surface area contributed by atoms with Crippen molar-refractivity contribution in [3.63, 3.8) is 0 Å². The van der Waals surface area contributed by atoms with Crippen LogP contribution in [0.4, 0.5) is 18.9 Å². The van der Waals surface area contributed by atoms with Gasteiger partial charge in [0.15, 0.2) is 17.5 Å². The number of hydrazine groups is 1. The molecule has 27 heavy (non-hydrogen) atoms. The van der Waals surface area contributed by atoms with E-state index in [4.69, 9.17) is 0 Å². The number of aromatic nitrogens is 1. The number of carbonyl (C=O) groups is 1. The Labute approximate surface area is 151 Å². The largest absolute Gasteiger partial charge is 0.321 e. The number of anilines is 1. The summed E-state index contributed by atoms with van der Waals surface area (Å²) in [7, 11) is 0. The maximum absolute atomic E-state index is 13.6. The molecule has 0 radical (unpaired) electrons. The zero-order chi connectivity index (χ0) is 19.6. The van der Waals surface area contributed by atoms with Crippen molar-refractivity contribution in [1.82, 2.24) is 10.4 Å². The summed E-state index contributed by atoms with van der Waals surface area (Å²) < 4.78 is 39.7. The molecule has 0 atom stereocenters. The van der Waals surface area contributed by atoms with Crippen molar-refractivity contribution in [3.8, 4) is 11.3 Å². The Bertz CT molecular complexity index is 1080. The van der Waals surface area contributed by atoms with Crippen molar-refractivity contribution in [1.29, 1.82) is 0 Å². The van der Waals surface area contributed by atoms with E-state index < -0.39 is 34.6 Å². The molecule has 0 saturated carbocycles. The Balaban J connectivity index is 1.78. The minimum absolute atomic E-state index is 0.234. The number of pyridine rings is 1. The number of carbonyl (C=O) groups excluding carboxylic acids is 1. The van der Waals surface area contributed by atoms with Crippen LogP contribution in [0.3, 0.4) is 0 Å².